The fraction of sp³-hybridized carbons (Fsp3) is 0.426. The van der Waals surface area contributed by atoms with Crippen molar-refractivity contribution in [2.45, 2.75) is 87.6 Å². The van der Waals surface area contributed by atoms with E-state index in [1.807, 2.05) is 25.2 Å². The summed E-state index contributed by atoms with van der Waals surface area (Å²) < 4.78 is 26.4. The Hall–Kier alpha value is -4.87. The monoisotopic (exact) mass is 769 g/mol. The van der Waals surface area contributed by atoms with Crippen molar-refractivity contribution in [2.24, 2.45) is 4.99 Å². The molecule has 57 heavy (non-hydrogen) atoms. The summed E-state index contributed by atoms with van der Waals surface area (Å²) in [4.78, 5) is 4.68. The molecule has 0 saturated heterocycles. The lowest BCUT2D eigenvalue weighted by molar-refractivity contribution is -0.0476. The minimum Gasteiger partial charge on any atom is -0.507 e. The number of hydrogen-bond acceptors (Lipinski definition) is 10. The molecular formula is C47H51N3O7. The summed E-state index contributed by atoms with van der Waals surface area (Å²) in [5.41, 5.74) is 10.7. The van der Waals surface area contributed by atoms with Crippen LogP contribution in [0, 0.1) is 0 Å². The van der Waals surface area contributed by atoms with E-state index in [1.54, 1.807) is 13.2 Å². The van der Waals surface area contributed by atoms with Crippen molar-refractivity contribution in [3.8, 4) is 39.9 Å². The van der Waals surface area contributed by atoms with E-state index < -0.39 is 6.10 Å². The largest absolute Gasteiger partial charge is 0.507 e. The normalized spacial score (nSPS) is 24.1. The molecule has 3 heterocycles. The van der Waals surface area contributed by atoms with Gasteiger partial charge in [0.05, 0.1) is 32.3 Å². The van der Waals surface area contributed by atoms with Gasteiger partial charge in [-0.1, -0.05) is 37.1 Å². The molecule has 5 atom stereocenters. The third-order valence-electron chi connectivity index (χ3n) is 13.3. The highest BCUT2D eigenvalue weighted by molar-refractivity contribution is 5.89. The van der Waals surface area contributed by atoms with Crippen LogP contribution in [-0.2, 0) is 24.0 Å². The quantitative estimate of drug-likeness (QED) is 0.133. The van der Waals surface area contributed by atoms with Crippen LogP contribution in [-0.4, -0.2) is 74.2 Å². The molecular weight excluding hydrogens is 719 g/mol. The van der Waals surface area contributed by atoms with Gasteiger partial charge in [-0.3, -0.25) is 10.3 Å². The van der Waals surface area contributed by atoms with Gasteiger partial charge in [0.2, 0.25) is 0 Å². The number of benzene rings is 4. The molecule has 1 fully saturated rings. The molecule has 1 saturated carbocycles. The van der Waals surface area contributed by atoms with Gasteiger partial charge in [-0.05, 0) is 120 Å². The van der Waals surface area contributed by atoms with E-state index in [9.17, 15) is 15.3 Å². The van der Waals surface area contributed by atoms with Crippen LogP contribution >= 0.6 is 0 Å². The molecule has 0 spiro atoms. The average Bonchev–Trinajstić information content (AvgIpc) is 3.94. The van der Waals surface area contributed by atoms with Crippen molar-refractivity contribution in [3.63, 3.8) is 0 Å². The van der Waals surface area contributed by atoms with Gasteiger partial charge in [0.15, 0.2) is 17.6 Å². The number of nitrogens with one attached hydrogen (secondary N) is 2. The van der Waals surface area contributed by atoms with Gasteiger partial charge in [-0.25, -0.2) is 0 Å². The van der Waals surface area contributed by atoms with Gasteiger partial charge in [-0.15, -0.1) is 0 Å². The predicted octanol–water partition coefficient (Wildman–Crippen LogP) is 5.46. The van der Waals surface area contributed by atoms with Crippen molar-refractivity contribution in [3.05, 3.63) is 104 Å². The zero-order valence-corrected chi connectivity index (χ0v) is 32.6. The number of phenolic OH excluding ortho intramolecular Hbond substituents is 2. The average molecular weight is 770 g/mol. The van der Waals surface area contributed by atoms with Gasteiger partial charge in [0, 0.05) is 47.2 Å². The summed E-state index contributed by atoms with van der Waals surface area (Å²) in [5.74, 6) is 2.38. The number of ether oxygens (including phenoxy) is 4. The van der Waals surface area contributed by atoms with Crippen LogP contribution in [0.2, 0.25) is 0 Å². The Labute approximate surface area is 332 Å². The van der Waals surface area contributed by atoms with Crippen molar-refractivity contribution < 1.29 is 34.3 Å². The molecule has 4 aromatic rings. The Morgan fingerprint density at radius 2 is 1.74 bits per heavy atom. The highest BCUT2D eigenvalue weighted by Gasteiger charge is 2.45. The Bertz CT molecular complexity index is 2400. The van der Waals surface area contributed by atoms with E-state index in [4.69, 9.17) is 18.9 Å². The molecule has 6 aliphatic rings. The van der Waals surface area contributed by atoms with Crippen LogP contribution in [0.15, 0.2) is 59.1 Å². The molecule has 0 unspecified atom stereocenters. The molecule has 296 valence electrons. The summed E-state index contributed by atoms with van der Waals surface area (Å²) in [5, 5.41) is 41.8. The third-order valence-corrected chi connectivity index (χ3v) is 13.3. The lowest BCUT2D eigenvalue weighted by atomic mass is 9.63. The first-order valence-electron chi connectivity index (χ1n) is 20.7. The van der Waals surface area contributed by atoms with Crippen molar-refractivity contribution in [2.75, 3.05) is 40.6 Å². The molecule has 10 nitrogen and oxygen atoms in total. The number of hydrogen-bond donors (Lipinski definition) is 5. The number of aromatic hydroxyl groups is 2. The Morgan fingerprint density at radius 3 is 2.56 bits per heavy atom. The SMILES string of the molecule is CNCC1=Cc2c(O)ccc3c2[C@H](Cc2c4c(c5c(c2-3)O[C@@H](CO)CC5)O[C@H](c2ccc(O)c(OC)c2)[C@H](OCNC2CCCC2)C4)[C@H]1c1ccc2c(c1)=CCN=2. The second kappa shape index (κ2) is 14.8. The van der Waals surface area contributed by atoms with Crippen LogP contribution < -0.4 is 35.4 Å². The van der Waals surface area contributed by atoms with Gasteiger partial charge in [0.1, 0.15) is 29.5 Å². The van der Waals surface area contributed by atoms with Gasteiger partial charge >= 0.3 is 0 Å². The van der Waals surface area contributed by atoms with Gasteiger partial charge in [0.25, 0.3) is 0 Å². The molecule has 5 N–H and O–H groups in total. The zero-order valence-electron chi connectivity index (χ0n) is 32.6. The molecule has 0 aromatic heterocycles. The zero-order chi connectivity index (χ0) is 38.8. The molecule has 3 aliphatic heterocycles. The van der Waals surface area contributed by atoms with Crippen LogP contribution in [0.1, 0.15) is 89.0 Å². The number of rotatable bonds is 10. The lowest BCUT2D eigenvalue weighted by Crippen LogP contribution is -2.39. The maximum Gasteiger partial charge on any atom is 0.160 e. The Kier molecular flexibility index (Phi) is 9.48. The maximum atomic E-state index is 11.5. The summed E-state index contributed by atoms with van der Waals surface area (Å²) in [6, 6.07) is 16.4. The first kappa shape index (κ1) is 36.5. The fourth-order valence-electron chi connectivity index (χ4n) is 10.6. The van der Waals surface area contributed by atoms with Gasteiger partial charge < -0.3 is 39.6 Å². The van der Waals surface area contributed by atoms with Crippen LogP contribution in [0.5, 0.6) is 28.7 Å². The summed E-state index contributed by atoms with van der Waals surface area (Å²) in [7, 11) is 3.54. The topological polar surface area (TPSA) is 134 Å². The molecule has 0 amide bonds. The van der Waals surface area contributed by atoms with Crippen molar-refractivity contribution >= 4 is 12.2 Å². The number of fused-ring (bicyclic) bond motifs is 8. The Morgan fingerprint density at radius 1 is 0.895 bits per heavy atom. The van der Waals surface area contributed by atoms with E-state index in [0.717, 1.165) is 68.6 Å². The standard InChI is InChI=1S/C47H51N3O7/c1-48-22-28-18-35-38(52)14-11-31-43(35)36(42(28)26-7-12-37-25(17-26)15-16-49-37)20-33-34-21-41(55-24-50-29-5-3-4-6-29)45(27-8-13-39(53)40(19-27)54-2)57-46(34)32-10-9-30(23-51)56-47(32)44(31)33/h7-8,11-15,17-19,29-30,36,41-42,45,48,50-53H,3-6,9-10,16,20-24H2,1-2H3/t30-,36-,41-,42+,45-/m1/s1. The van der Waals surface area contributed by atoms with E-state index in [0.29, 0.717) is 57.3 Å². The van der Waals surface area contributed by atoms with Crippen LogP contribution in [0.3, 0.4) is 0 Å². The molecule has 0 bridgehead atoms. The maximum absolute atomic E-state index is 11.5. The summed E-state index contributed by atoms with van der Waals surface area (Å²) in [6.45, 7) is 1.70. The summed E-state index contributed by atoms with van der Waals surface area (Å²) in [6.07, 6.45) is 10.7. The van der Waals surface area contributed by atoms with Gasteiger partial charge in [-0.2, -0.15) is 0 Å². The lowest BCUT2D eigenvalue weighted by Gasteiger charge is -2.44. The third kappa shape index (κ3) is 6.20. The summed E-state index contributed by atoms with van der Waals surface area (Å²) >= 11 is 0. The Balaban J connectivity index is 1.16. The first-order chi connectivity index (χ1) is 27.9. The van der Waals surface area contributed by atoms with Crippen molar-refractivity contribution in [1.29, 1.82) is 0 Å². The van der Waals surface area contributed by atoms with Crippen molar-refractivity contribution in [1.82, 2.24) is 10.6 Å². The number of nitrogens with zero attached hydrogens (tertiary/aromatic N) is 1. The highest BCUT2D eigenvalue weighted by Crippen LogP contribution is 2.60. The van der Waals surface area contributed by atoms with E-state index in [2.05, 4.69) is 52.0 Å². The van der Waals surface area contributed by atoms with Crippen LogP contribution in [0.4, 0.5) is 0 Å². The molecule has 4 aromatic carbocycles. The second-order valence-electron chi connectivity index (χ2n) is 16.5. The highest BCUT2D eigenvalue weighted by atomic mass is 16.6. The minimum absolute atomic E-state index is 0.0150. The number of phenols is 2. The molecule has 10 rings (SSSR count). The fourth-order valence-corrected chi connectivity index (χ4v) is 10.6. The number of aliphatic hydroxyl groups excluding tert-OH is 1. The van der Waals surface area contributed by atoms with E-state index in [1.165, 1.54) is 34.8 Å². The number of likely N-dealkylation sites (N-methyl/N-ethyl adjacent to an activating group) is 1. The second-order valence-corrected chi connectivity index (χ2v) is 16.5. The predicted molar refractivity (Wildman–Crippen MR) is 218 cm³/mol. The smallest absolute Gasteiger partial charge is 0.160 e. The number of methoxy groups -OCH3 is 1. The molecule has 10 heteroatoms. The molecule has 0 radical (unpaired) electrons. The van der Waals surface area contributed by atoms with E-state index in [-0.39, 0.29) is 42.1 Å². The van der Waals surface area contributed by atoms with E-state index >= 15 is 0 Å². The molecule has 3 aliphatic carbocycles. The van der Waals surface area contributed by atoms with Crippen LogP contribution in [0.25, 0.3) is 23.3 Å². The first-order valence-corrected chi connectivity index (χ1v) is 20.7. The minimum atomic E-state index is -0.477. The number of aliphatic hydroxyl groups is 1.